The number of amidine groups is 1. The molecule has 3 aromatic carbocycles. The Morgan fingerprint density at radius 3 is 2.68 bits per heavy atom. The van der Waals surface area contributed by atoms with Crippen LogP contribution in [0, 0.1) is 0 Å². The van der Waals surface area contributed by atoms with E-state index in [1.165, 1.54) is 16.7 Å². The van der Waals surface area contributed by atoms with Gasteiger partial charge in [-0.2, -0.15) is 0 Å². The van der Waals surface area contributed by atoms with Crippen LogP contribution in [0.4, 0.5) is 5.69 Å². The Kier molecular flexibility index (Phi) is 5.72. The molecule has 142 valence electrons. The average molecular weight is 408 g/mol. The van der Waals surface area contributed by atoms with Crippen LogP contribution in [-0.4, -0.2) is 11.9 Å². The van der Waals surface area contributed by atoms with Gasteiger partial charge in [-0.05, 0) is 59.9 Å². The number of benzene rings is 3. The molecule has 0 aliphatic heterocycles. The number of rotatable bonds is 5. The van der Waals surface area contributed by atoms with Crippen LogP contribution in [0.1, 0.15) is 22.3 Å². The number of aliphatic imine (C=N–C) groups is 1. The van der Waals surface area contributed by atoms with Crippen molar-refractivity contribution < 1.29 is 0 Å². The van der Waals surface area contributed by atoms with Crippen molar-refractivity contribution in [2.45, 2.75) is 30.3 Å². The molecule has 1 unspecified atom stereocenters. The van der Waals surface area contributed by atoms with Gasteiger partial charge in [0.05, 0.1) is 5.69 Å². The van der Waals surface area contributed by atoms with Crippen molar-refractivity contribution in [1.29, 1.82) is 0 Å². The second-order valence-corrected chi connectivity index (χ2v) is 8.00. The molecule has 4 rings (SSSR count). The Hall–Kier alpha value is -2.27. The van der Waals surface area contributed by atoms with Gasteiger partial charge < -0.3 is 11.1 Å². The van der Waals surface area contributed by atoms with Crippen LogP contribution in [0.15, 0.2) is 76.6 Å². The zero-order valence-electron chi connectivity index (χ0n) is 15.4. The van der Waals surface area contributed by atoms with Gasteiger partial charge in [-0.25, -0.2) is 4.99 Å². The highest BCUT2D eigenvalue weighted by Gasteiger charge is 2.21. The van der Waals surface area contributed by atoms with Crippen LogP contribution in [0.25, 0.3) is 0 Å². The fraction of sp³-hybridized carbons (Fsp3) is 0.174. The molecule has 0 saturated carbocycles. The summed E-state index contributed by atoms with van der Waals surface area (Å²) in [7, 11) is 0. The maximum atomic E-state index is 6.20. The van der Waals surface area contributed by atoms with Crippen LogP contribution in [-0.2, 0) is 19.4 Å². The van der Waals surface area contributed by atoms with E-state index in [0.29, 0.717) is 11.9 Å². The highest BCUT2D eigenvalue weighted by Crippen LogP contribution is 2.27. The molecule has 3 aromatic rings. The number of hydrogen-bond acceptors (Lipinski definition) is 3. The predicted molar refractivity (Wildman–Crippen MR) is 120 cm³/mol. The fourth-order valence-corrected chi connectivity index (χ4v) is 4.11. The van der Waals surface area contributed by atoms with Crippen molar-refractivity contribution >= 4 is 35.8 Å². The zero-order chi connectivity index (χ0) is 19.5. The highest BCUT2D eigenvalue weighted by atomic mass is 35.5. The summed E-state index contributed by atoms with van der Waals surface area (Å²) in [4.78, 5) is 5.44. The van der Waals surface area contributed by atoms with E-state index in [9.17, 15) is 0 Å². The number of hydrogen-bond donors (Lipinski definition) is 3. The number of halogens is 1. The summed E-state index contributed by atoms with van der Waals surface area (Å²) >= 11 is 10.5. The van der Waals surface area contributed by atoms with E-state index in [2.05, 4.69) is 41.1 Å². The summed E-state index contributed by atoms with van der Waals surface area (Å²) in [5, 5.41) is 4.41. The van der Waals surface area contributed by atoms with Gasteiger partial charge in [0.15, 0.2) is 0 Å². The van der Waals surface area contributed by atoms with Crippen molar-refractivity contribution in [1.82, 2.24) is 5.32 Å². The van der Waals surface area contributed by atoms with E-state index in [1.807, 2.05) is 48.5 Å². The largest absolute Gasteiger partial charge is 0.383 e. The fourth-order valence-electron chi connectivity index (χ4n) is 3.62. The summed E-state index contributed by atoms with van der Waals surface area (Å²) in [5.74, 6) is 0.485. The SMILES string of the molecule is NC(=Nc1ccc2c(c1)CC(NCc1cccc(Cl)c1)C2)c1ccccc1S. The van der Waals surface area contributed by atoms with Crippen LogP contribution < -0.4 is 11.1 Å². The van der Waals surface area contributed by atoms with Gasteiger partial charge in [0.1, 0.15) is 5.84 Å². The summed E-state index contributed by atoms with van der Waals surface area (Å²) in [6, 6.07) is 22.5. The lowest BCUT2D eigenvalue weighted by atomic mass is 10.1. The van der Waals surface area contributed by atoms with Crippen molar-refractivity contribution in [2.24, 2.45) is 10.7 Å². The minimum absolute atomic E-state index is 0.420. The smallest absolute Gasteiger partial charge is 0.132 e. The van der Waals surface area contributed by atoms with Crippen LogP contribution in [0.5, 0.6) is 0 Å². The highest BCUT2D eigenvalue weighted by molar-refractivity contribution is 7.80. The van der Waals surface area contributed by atoms with Gasteiger partial charge >= 0.3 is 0 Å². The van der Waals surface area contributed by atoms with Gasteiger partial charge in [-0.15, -0.1) is 12.6 Å². The molecule has 0 aromatic heterocycles. The molecule has 0 heterocycles. The van der Waals surface area contributed by atoms with Crippen molar-refractivity contribution in [3.8, 4) is 0 Å². The molecule has 28 heavy (non-hydrogen) atoms. The van der Waals surface area contributed by atoms with E-state index in [4.69, 9.17) is 17.3 Å². The van der Waals surface area contributed by atoms with Gasteiger partial charge in [0.2, 0.25) is 0 Å². The first-order chi connectivity index (χ1) is 13.6. The number of nitrogens with one attached hydrogen (secondary N) is 1. The van der Waals surface area contributed by atoms with Crippen molar-refractivity contribution in [3.05, 3.63) is 94.0 Å². The van der Waals surface area contributed by atoms with Crippen LogP contribution in [0.2, 0.25) is 5.02 Å². The molecule has 5 heteroatoms. The maximum Gasteiger partial charge on any atom is 0.132 e. The molecule has 1 aliphatic rings. The third-order valence-electron chi connectivity index (χ3n) is 5.04. The van der Waals surface area contributed by atoms with Crippen LogP contribution in [0.3, 0.4) is 0 Å². The Bertz CT molecular complexity index is 1030. The first-order valence-corrected chi connectivity index (χ1v) is 10.1. The molecule has 1 atom stereocenters. The molecular formula is C23H22ClN3S. The topological polar surface area (TPSA) is 50.4 Å². The van der Waals surface area contributed by atoms with E-state index in [0.717, 1.165) is 40.6 Å². The van der Waals surface area contributed by atoms with E-state index in [1.54, 1.807) is 0 Å². The Morgan fingerprint density at radius 1 is 1.04 bits per heavy atom. The second-order valence-electron chi connectivity index (χ2n) is 7.08. The minimum atomic E-state index is 0.420. The van der Waals surface area contributed by atoms with Gasteiger partial charge in [0.25, 0.3) is 0 Å². The molecular weight excluding hydrogens is 386 g/mol. The standard InChI is InChI=1S/C23H22ClN3S/c24-18-5-3-4-15(10-18)14-26-20-11-16-8-9-19(12-17(16)13-20)27-23(25)21-6-1-2-7-22(21)28/h1-10,12,20,26,28H,11,13-14H2,(H2,25,27). The lowest BCUT2D eigenvalue weighted by Gasteiger charge is -2.12. The average Bonchev–Trinajstić information content (AvgIpc) is 3.09. The summed E-state index contributed by atoms with van der Waals surface area (Å²) in [5.41, 5.74) is 11.8. The molecule has 0 saturated heterocycles. The third-order valence-corrected chi connectivity index (χ3v) is 5.66. The molecule has 0 fully saturated rings. The maximum absolute atomic E-state index is 6.20. The van der Waals surface area contributed by atoms with E-state index < -0.39 is 0 Å². The number of nitrogens with zero attached hydrogens (tertiary/aromatic N) is 1. The quantitative estimate of drug-likeness (QED) is 0.319. The van der Waals surface area contributed by atoms with Crippen molar-refractivity contribution in [3.63, 3.8) is 0 Å². The predicted octanol–water partition coefficient (Wildman–Crippen LogP) is 4.92. The first kappa shape index (κ1) is 19.1. The van der Waals surface area contributed by atoms with Gasteiger partial charge in [-0.1, -0.05) is 48.0 Å². The molecule has 1 aliphatic carbocycles. The Labute approximate surface area is 176 Å². The molecule has 0 radical (unpaired) electrons. The number of fused-ring (bicyclic) bond motifs is 1. The summed E-state index contributed by atoms with van der Waals surface area (Å²) in [6.45, 7) is 0.815. The lowest BCUT2D eigenvalue weighted by Crippen LogP contribution is -2.28. The van der Waals surface area contributed by atoms with E-state index >= 15 is 0 Å². The minimum Gasteiger partial charge on any atom is -0.383 e. The van der Waals surface area contributed by atoms with Gasteiger partial charge in [-0.3, -0.25) is 0 Å². The summed E-state index contributed by atoms with van der Waals surface area (Å²) < 4.78 is 0. The third kappa shape index (κ3) is 4.41. The molecule has 0 bridgehead atoms. The Balaban J connectivity index is 1.44. The molecule has 0 amide bonds. The molecule has 0 spiro atoms. The number of thiol groups is 1. The number of nitrogens with two attached hydrogens (primary N) is 1. The zero-order valence-corrected chi connectivity index (χ0v) is 17.0. The van der Waals surface area contributed by atoms with Crippen molar-refractivity contribution in [2.75, 3.05) is 0 Å². The monoisotopic (exact) mass is 407 g/mol. The Morgan fingerprint density at radius 2 is 1.86 bits per heavy atom. The first-order valence-electron chi connectivity index (χ1n) is 9.30. The van der Waals surface area contributed by atoms with Gasteiger partial charge in [0, 0.05) is 28.1 Å². The molecule has 3 N–H and O–H groups in total. The normalized spacial score (nSPS) is 16.2. The second kappa shape index (κ2) is 8.39. The van der Waals surface area contributed by atoms with E-state index in [-0.39, 0.29) is 0 Å². The lowest BCUT2D eigenvalue weighted by molar-refractivity contribution is 0.533. The summed E-state index contributed by atoms with van der Waals surface area (Å²) in [6.07, 6.45) is 2.01. The van der Waals surface area contributed by atoms with Crippen LogP contribution >= 0.6 is 24.2 Å². The molecule has 3 nitrogen and oxygen atoms in total.